The van der Waals surface area contributed by atoms with Gasteiger partial charge in [0.05, 0.1) is 7.11 Å². The third kappa shape index (κ3) is 5.78. The maximum Gasteiger partial charge on any atom is 0.118 e. The first-order valence-corrected chi connectivity index (χ1v) is 7.21. The Kier molecular flexibility index (Phi) is 7.21. The Balaban J connectivity index is 2.32. The number of hydrogen-bond donors (Lipinski definition) is 1. The molecule has 0 saturated carbocycles. The van der Waals surface area contributed by atoms with Crippen LogP contribution in [0.15, 0.2) is 24.3 Å². The van der Waals surface area contributed by atoms with Gasteiger partial charge in [-0.2, -0.15) is 12.6 Å². The predicted molar refractivity (Wildman–Crippen MR) is 81.6 cm³/mol. The summed E-state index contributed by atoms with van der Waals surface area (Å²) in [5.41, 5.74) is 1.33. The fraction of sp³-hybridized carbons (Fsp3) is 0.600. The second kappa shape index (κ2) is 8.44. The standard InChI is InChI=1S/C15H25NOS/c1-13(9-11-18)8-10-16(2)12-14-4-6-15(17-3)7-5-14/h4-7,13,18H,8-12H2,1-3H3. The highest BCUT2D eigenvalue weighted by molar-refractivity contribution is 7.80. The first-order valence-electron chi connectivity index (χ1n) is 6.58. The van der Waals surface area contributed by atoms with Gasteiger partial charge in [-0.1, -0.05) is 19.1 Å². The summed E-state index contributed by atoms with van der Waals surface area (Å²) in [4.78, 5) is 2.37. The molecule has 0 N–H and O–H groups in total. The number of nitrogens with zero attached hydrogens (tertiary/aromatic N) is 1. The topological polar surface area (TPSA) is 12.5 Å². The molecule has 0 aromatic heterocycles. The Hall–Kier alpha value is -0.670. The minimum Gasteiger partial charge on any atom is -0.497 e. The molecule has 1 aromatic carbocycles. The van der Waals surface area contributed by atoms with Crippen LogP contribution < -0.4 is 4.74 Å². The van der Waals surface area contributed by atoms with Crippen molar-refractivity contribution in [2.24, 2.45) is 5.92 Å². The van der Waals surface area contributed by atoms with Crippen LogP contribution in [0.5, 0.6) is 5.75 Å². The summed E-state index contributed by atoms with van der Waals surface area (Å²) in [6.07, 6.45) is 2.45. The molecule has 1 rings (SSSR count). The summed E-state index contributed by atoms with van der Waals surface area (Å²) in [5, 5.41) is 0. The second-order valence-electron chi connectivity index (χ2n) is 4.99. The third-order valence-electron chi connectivity index (χ3n) is 3.24. The number of hydrogen-bond acceptors (Lipinski definition) is 3. The Labute approximate surface area is 117 Å². The van der Waals surface area contributed by atoms with Crippen LogP contribution in [0.4, 0.5) is 0 Å². The lowest BCUT2D eigenvalue weighted by Gasteiger charge is -2.19. The largest absolute Gasteiger partial charge is 0.497 e. The van der Waals surface area contributed by atoms with Crippen molar-refractivity contribution < 1.29 is 4.74 Å². The fourth-order valence-electron chi connectivity index (χ4n) is 1.93. The van der Waals surface area contributed by atoms with E-state index >= 15 is 0 Å². The molecule has 0 heterocycles. The molecule has 0 bridgehead atoms. The van der Waals surface area contributed by atoms with Gasteiger partial charge in [-0.3, -0.25) is 0 Å². The minimum absolute atomic E-state index is 0.765. The predicted octanol–water partition coefficient (Wildman–Crippen LogP) is 3.47. The average molecular weight is 267 g/mol. The van der Waals surface area contributed by atoms with Gasteiger partial charge in [0, 0.05) is 6.54 Å². The van der Waals surface area contributed by atoms with Crippen molar-refractivity contribution in [3.8, 4) is 5.75 Å². The molecule has 0 amide bonds. The number of ether oxygens (including phenoxy) is 1. The number of rotatable bonds is 8. The van der Waals surface area contributed by atoms with E-state index in [0.29, 0.717) is 0 Å². The van der Waals surface area contributed by atoms with Crippen molar-refractivity contribution in [1.82, 2.24) is 4.90 Å². The molecule has 3 heteroatoms. The van der Waals surface area contributed by atoms with E-state index in [9.17, 15) is 0 Å². The number of thiol groups is 1. The second-order valence-corrected chi connectivity index (χ2v) is 5.44. The average Bonchev–Trinajstić information content (AvgIpc) is 2.38. The Morgan fingerprint density at radius 3 is 2.44 bits per heavy atom. The first-order chi connectivity index (χ1) is 8.65. The van der Waals surface area contributed by atoms with E-state index in [2.05, 4.69) is 43.6 Å². The summed E-state index contributed by atoms with van der Waals surface area (Å²) in [6.45, 7) is 4.44. The van der Waals surface area contributed by atoms with Crippen LogP contribution >= 0.6 is 12.6 Å². The monoisotopic (exact) mass is 267 g/mol. The zero-order valence-corrected chi connectivity index (χ0v) is 12.6. The minimum atomic E-state index is 0.765. The molecule has 0 aliphatic heterocycles. The lowest BCUT2D eigenvalue weighted by Crippen LogP contribution is -2.20. The zero-order valence-electron chi connectivity index (χ0n) is 11.7. The van der Waals surface area contributed by atoms with Crippen molar-refractivity contribution >= 4 is 12.6 Å². The molecule has 1 atom stereocenters. The van der Waals surface area contributed by atoms with Crippen LogP contribution in [0.3, 0.4) is 0 Å². The Morgan fingerprint density at radius 2 is 1.89 bits per heavy atom. The maximum absolute atomic E-state index is 5.16. The lowest BCUT2D eigenvalue weighted by atomic mass is 10.0. The molecule has 0 spiro atoms. The lowest BCUT2D eigenvalue weighted by molar-refractivity contribution is 0.296. The highest BCUT2D eigenvalue weighted by atomic mass is 32.1. The molecule has 1 aromatic rings. The van der Waals surface area contributed by atoms with E-state index in [1.54, 1.807) is 7.11 Å². The third-order valence-corrected chi connectivity index (χ3v) is 3.50. The smallest absolute Gasteiger partial charge is 0.118 e. The molecule has 2 nitrogen and oxygen atoms in total. The molecule has 0 radical (unpaired) electrons. The van der Waals surface area contributed by atoms with E-state index < -0.39 is 0 Å². The zero-order chi connectivity index (χ0) is 13.4. The Bertz CT molecular complexity index is 326. The summed E-state index contributed by atoms with van der Waals surface area (Å²) >= 11 is 4.28. The van der Waals surface area contributed by atoms with Crippen LogP contribution in [-0.2, 0) is 6.54 Å². The Morgan fingerprint density at radius 1 is 1.22 bits per heavy atom. The van der Waals surface area contributed by atoms with Crippen LogP contribution in [0.25, 0.3) is 0 Å². The SMILES string of the molecule is COc1ccc(CN(C)CCC(C)CCS)cc1. The molecular formula is C15H25NOS. The first kappa shape index (κ1) is 15.4. The summed E-state index contributed by atoms with van der Waals surface area (Å²) in [5.74, 6) is 2.67. The normalized spacial score (nSPS) is 12.7. The molecule has 18 heavy (non-hydrogen) atoms. The van der Waals surface area contributed by atoms with Gasteiger partial charge in [-0.05, 0) is 55.8 Å². The van der Waals surface area contributed by atoms with E-state index in [4.69, 9.17) is 4.74 Å². The molecule has 102 valence electrons. The number of benzene rings is 1. The van der Waals surface area contributed by atoms with Crippen molar-refractivity contribution in [3.05, 3.63) is 29.8 Å². The van der Waals surface area contributed by atoms with Crippen LogP contribution in [0.1, 0.15) is 25.3 Å². The highest BCUT2D eigenvalue weighted by Crippen LogP contribution is 2.14. The van der Waals surface area contributed by atoms with Gasteiger partial charge in [0.25, 0.3) is 0 Å². The van der Waals surface area contributed by atoms with Crippen molar-refractivity contribution in [3.63, 3.8) is 0 Å². The van der Waals surface area contributed by atoms with Gasteiger partial charge in [0.1, 0.15) is 5.75 Å². The van der Waals surface area contributed by atoms with E-state index in [1.165, 1.54) is 18.4 Å². The van der Waals surface area contributed by atoms with Gasteiger partial charge in [0.2, 0.25) is 0 Å². The number of methoxy groups -OCH3 is 1. The van der Waals surface area contributed by atoms with E-state index in [-0.39, 0.29) is 0 Å². The van der Waals surface area contributed by atoms with Gasteiger partial charge >= 0.3 is 0 Å². The van der Waals surface area contributed by atoms with Crippen molar-refractivity contribution in [2.75, 3.05) is 26.5 Å². The van der Waals surface area contributed by atoms with Gasteiger partial charge in [-0.15, -0.1) is 0 Å². The van der Waals surface area contributed by atoms with Gasteiger partial charge in [0.15, 0.2) is 0 Å². The van der Waals surface area contributed by atoms with E-state index in [0.717, 1.165) is 30.5 Å². The molecule has 0 aliphatic rings. The maximum atomic E-state index is 5.16. The fourth-order valence-corrected chi connectivity index (χ4v) is 2.37. The molecule has 0 saturated heterocycles. The molecular weight excluding hydrogens is 242 g/mol. The molecule has 1 unspecified atom stereocenters. The molecule has 0 fully saturated rings. The summed E-state index contributed by atoms with van der Waals surface area (Å²) in [7, 11) is 3.88. The van der Waals surface area contributed by atoms with Gasteiger partial charge < -0.3 is 9.64 Å². The quantitative estimate of drug-likeness (QED) is 0.724. The van der Waals surface area contributed by atoms with E-state index in [1.807, 2.05) is 12.1 Å². The van der Waals surface area contributed by atoms with Crippen molar-refractivity contribution in [1.29, 1.82) is 0 Å². The summed E-state index contributed by atoms with van der Waals surface area (Å²) < 4.78 is 5.16. The van der Waals surface area contributed by atoms with Crippen LogP contribution in [0, 0.1) is 5.92 Å². The summed E-state index contributed by atoms with van der Waals surface area (Å²) in [6, 6.07) is 8.30. The highest BCUT2D eigenvalue weighted by Gasteiger charge is 2.05. The van der Waals surface area contributed by atoms with Crippen LogP contribution in [0.2, 0.25) is 0 Å². The van der Waals surface area contributed by atoms with Gasteiger partial charge in [-0.25, -0.2) is 0 Å². The molecule has 0 aliphatic carbocycles. The van der Waals surface area contributed by atoms with Crippen molar-refractivity contribution in [2.45, 2.75) is 26.3 Å². The van der Waals surface area contributed by atoms with Crippen LogP contribution in [-0.4, -0.2) is 31.4 Å².